The first kappa shape index (κ1) is 19.4. The first-order valence-electron chi connectivity index (χ1n) is 7.86. The van der Waals surface area contributed by atoms with Gasteiger partial charge in [-0.1, -0.05) is 12.1 Å². The zero-order valence-electron chi connectivity index (χ0n) is 14.4. The Labute approximate surface area is 149 Å². The van der Waals surface area contributed by atoms with E-state index in [0.717, 1.165) is 5.56 Å². The second-order valence-corrected chi connectivity index (χ2v) is 5.76. The number of hydrogen-bond acceptors (Lipinski definition) is 4. The lowest BCUT2D eigenvalue weighted by Gasteiger charge is -2.15. The Morgan fingerprint density at radius 1 is 1.27 bits per heavy atom. The molecule has 0 bridgehead atoms. The zero-order chi connectivity index (χ0) is 19.3. The molecule has 2 rings (SSSR count). The number of benzene rings is 1. The van der Waals surface area contributed by atoms with Crippen molar-refractivity contribution in [2.75, 3.05) is 7.05 Å². The van der Waals surface area contributed by atoms with E-state index in [1.54, 1.807) is 26.1 Å². The van der Waals surface area contributed by atoms with Gasteiger partial charge in [0, 0.05) is 13.5 Å². The van der Waals surface area contributed by atoms with E-state index in [-0.39, 0.29) is 30.2 Å². The van der Waals surface area contributed by atoms with Gasteiger partial charge in [0.05, 0.1) is 6.54 Å². The van der Waals surface area contributed by atoms with Crippen LogP contribution in [-0.2, 0) is 17.8 Å². The molecular formula is C18H19F2NO5. The van der Waals surface area contributed by atoms with Crippen LogP contribution < -0.4 is 4.74 Å². The molecule has 1 aromatic heterocycles. The lowest BCUT2D eigenvalue weighted by Crippen LogP contribution is -2.26. The molecule has 0 saturated heterocycles. The van der Waals surface area contributed by atoms with Crippen molar-refractivity contribution < 1.29 is 32.6 Å². The number of aryl methyl sites for hydroxylation is 2. The van der Waals surface area contributed by atoms with Crippen molar-refractivity contribution in [2.45, 2.75) is 32.9 Å². The van der Waals surface area contributed by atoms with Gasteiger partial charge in [0.15, 0.2) is 0 Å². The zero-order valence-corrected chi connectivity index (χ0v) is 14.4. The van der Waals surface area contributed by atoms with Crippen molar-refractivity contribution in [2.24, 2.45) is 0 Å². The fourth-order valence-electron chi connectivity index (χ4n) is 2.44. The Kier molecular flexibility index (Phi) is 6.32. The number of alkyl halides is 2. The number of rotatable bonds is 8. The predicted molar refractivity (Wildman–Crippen MR) is 88.3 cm³/mol. The summed E-state index contributed by atoms with van der Waals surface area (Å²) in [7, 11) is 1.60. The minimum atomic E-state index is -2.87. The van der Waals surface area contributed by atoms with Crippen LogP contribution in [0.25, 0.3) is 0 Å². The van der Waals surface area contributed by atoms with Gasteiger partial charge in [0.1, 0.15) is 22.8 Å². The van der Waals surface area contributed by atoms with Gasteiger partial charge < -0.3 is 19.2 Å². The summed E-state index contributed by atoms with van der Waals surface area (Å²) in [6, 6.07) is 7.51. The van der Waals surface area contributed by atoms with E-state index in [0.29, 0.717) is 17.9 Å². The van der Waals surface area contributed by atoms with Crippen LogP contribution in [0.4, 0.5) is 8.78 Å². The normalized spacial score (nSPS) is 10.8. The standard InChI is InChI=1S/C18H19F2NO5/c1-11-15(17(23)24)9-14(25-11)10-21(2)16(22)8-5-12-3-6-13(7-4-12)26-18(19)20/h3-4,6-7,9,18H,5,8,10H2,1-2H3,(H,23,24). The molecule has 0 unspecified atom stereocenters. The van der Waals surface area contributed by atoms with E-state index < -0.39 is 12.6 Å². The Balaban J connectivity index is 1.87. The highest BCUT2D eigenvalue weighted by molar-refractivity contribution is 5.88. The minimum Gasteiger partial charge on any atom is -0.478 e. The molecule has 140 valence electrons. The van der Waals surface area contributed by atoms with Gasteiger partial charge in [-0.3, -0.25) is 4.79 Å². The third kappa shape index (κ3) is 5.30. The number of aromatic carboxylic acids is 1. The van der Waals surface area contributed by atoms with Crippen LogP contribution >= 0.6 is 0 Å². The second-order valence-electron chi connectivity index (χ2n) is 5.76. The number of furan rings is 1. The van der Waals surface area contributed by atoms with E-state index in [1.807, 2.05) is 0 Å². The fraction of sp³-hybridized carbons (Fsp3) is 0.333. The Hall–Kier alpha value is -2.90. The van der Waals surface area contributed by atoms with E-state index in [4.69, 9.17) is 9.52 Å². The molecule has 0 aliphatic rings. The molecule has 0 spiro atoms. The molecule has 0 aliphatic carbocycles. The third-order valence-electron chi connectivity index (χ3n) is 3.79. The largest absolute Gasteiger partial charge is 0.478 e. The molecule has 26 heavy (non-hydrogen) atoms. The van der Waals surface area contributed by atoms with Gasteiger partial charge in [-0.2, -0.15) is 8.78 Å². The van der Waals surface area contributed by atoms with Crippen LogP contribution in [0.15, 0.2) is 34.7 Å². The number of carboxylic acids is 1. The van der Waals surface area contributed by atoms with Crippen LogP contribution in [0.3, 0.4) is 0 Å². The van der Waals surface area contributed by atoms with Gasteiger partial charge in [0.2, 0.25) is 5.91 Å². The lowest BCUT2D eigenvalue weighted by molar-refractivity contribution is -0.130. The second kappa shape index (κ2) is 8.46. The summed E-state index contributed by atoms with van der Waals surface area (Å²) in [4.78, 5) is 24.7. The van der Waals surface area contributed by atoms with Gasteiger partial charge in [-0.25, -0.2) is 4.79 Å². The maximum Gasteiger partial charge on any atom is 0.387 e. The first-order chi connectivity index (χ1) is 12.3. The van der Waals surface area contributed by atoms with E-state index in [2.05, 4.69) is 4.74 Å². The van der Waals surface area contributed by atoms with Crippen LogP contribution in [0, 0.1) is 6.92 Å². The summed E-state index contributed by atoms with van der Waals surface area (Å²) in [6.45, 7) is -1.16. The van der Waals surface area contributed by atoms with Crippen LogP contribution in [0.5, 0.6) is 5.75 Å². The summed E-state index contributed by atoms with van der Waals surface area (Å²) >= 11 is 0. The third-order valence-corrected chi connectivity index (χ3v) is 3.79. The summed E-state index contributed by atoms with van der Waals surface area (Å²) < 4.78 is 33.8. The molecule has 0 atom stereocenters. The number of hydrogen-bond donors (Lipinski definition) is 1. The van der Waals surface area contributed by atoms with Gasteiger partial charge in [0.25, 0.3) is 0 Å². The highest BCUT2D eigenvalue weighted by Crippen LogP contribution is 2.18. The molecule has 8 heteroatoms. The van der Waals surface area contributed by atoms with Crippen molar-refractivity contribution in [1.29, 1.82) is 0 Å². The maximum atomic E-state index is 12.2. The Bertz CT molecular complexity index is 770. The first-order valence-corrected chi connectivity index (χ1v) is 7.86. The highest BCUT2D eigenvalue weighted by atomic mass is 19.3. The van der Waals surface area contributed by atoms with Crippen molar-refractivity contribution in [3.8, 4) is 5.75 Å². The van der Waals surface area contributed by atoms with Crippen LogP contribution in [-0.4, -0.2) is 35.5 Å². The average Bonchev–Trinajstić information content (AvgIpc) is 2.94. The number of carbonyl (C=O) groups excluding carboxylic acids is 1. The molecule has 2 aromatic rings. The lowest BCUT2D eigenvalue weighted by atomic mass is 10.1. The summed E-state index contributed by atoms with van der Waals surface area (Å²) in [5, 5.41) is 9.01. The minimum absolute atomic E-state index is 0.0645. The predicted octanol–water partition coefficient (Wildman–Crippen LogP) is 3.48. The molecule has 1 N–H and O–H groups in total. The number of amides is 1. The van der Waals surface area contributed by atoms with Gasteiger partial charge >= 0.3 is 12.6 Å². The molecule has 0 saturated carbocycles. The van der Waals surface area contributed by atoms with Crippen molar-refractivity contribution >= 4 is 11.9 Å². The number of halogens is 2. The smallest absolute Gasteiger partial charge is 0.387 e. The quantitative estimate of drug-likeness (QED) is 0.773. The van der Waals surface area contributed by atoms with Gasteiger partial charge in [-0.05, 0) is 37.1 Å². The molecule has 0 aliphatic heterocycles. The monoisotopic (exact) mass is 367 g/mol. The fourth-order valence-corrected chi connectivity index (χ4v) is 2.44. The van der Waals surface area contributed by atoms with E-state index in [1.165, 1.54) is 23.1 Å². The highest BCUT2D eigenvalue weighted by Gasteiger charge is 2.17. The molecule has 1 amide bonds. The SMILES string of the molecule is Cc1oc(CN(C)C(=O)CCc2ccc(OC(F)F)cc2)cc1C(=O)O. The number of nitrogens with zero attached hydrogens (tertiary/aromatic N) is 1. The summed E-state index contributed by atoms with van der Waals surface area (Å²) in [6.07, 6.45) is 0.659. The van der Waals surface area contributed by atoms with Crippen LogP contribution in [0.2, 0.25) is 0 Å². The van der Waals surface area contributed by atoms with Crippen molar-refractivity contribution in [3.63, 3.8) is 0 Å². The Morgan fingerprint density at radius 3 is 2.46 bits per heavy atom. The van der Waals surface area contributed by atoms with Crippen LogP contribution in [0.1, 0.15) is 33.9 Å². The topological polar surface area (TPSA) is 80.0 Å². The molecule has 1 heterocycles. The molecule has 0 radical (unpaired) electrons. The van der Waals surface area contributed by atoms with Crippen molar-refractivity contribution in [3.05, 3.63) is 53.0 Å². The van der Waals surface area contributed by atoms with E-state index in [9.17, 15) is 18.4 Å². The summed E-state index contributed by atoms with van der Waals surface area (Å²) in [5.74, 6) is -0.479. The summed E-state index contributed by atoms with van der Waals surface area (Å²) in [5.41, 5.74) is 0.891. The van der Waals surface area contributed by atoms with Crippen molar-refractivity contribution in [1.82, 2.24) is 4.90 Å². The molecule has 1 aromatic carbocycles. The average molecular weight is 367 g/mol. The molecule has 6 nitrogen and oxygen atoms in total. The molecular weight excluding hydrogens is 348 g/mol. The van der Waals surface area contributed by atoms with Gasteiger partial charge in [-0.15, -0.1) is 0 Å². The number of ether oxygens (including phenoxy) is 1. The number of carbonyl (C=O) groups is 2. The van der Waals surface area contributed by atoms with E-state index >= 15 is 0 Å². The maximum absolute atomic E-state index is 12.2. The number of carboxylic acid groups (broad SMARTS) is 1. The molecule has 0 fully saturated rings. The Morgan fingerprint density at radius 2 is 1.92 bits per heavy atom.